The molecule has 1 heterocycles. The van der Waals surface area contributed by atoms with Gasteiger partial charge >= 0.3 is 0 Å². The highest BCUT2D eigenvalue weighted by molar-refractivity contribution is 7.89. The molecule has 0 bridgehead atoms. The van der Waals surface area contributed by atoms with Crippen molar-refractivity contribution < 1.29 is 8.42 Å². The van der Waals surface area contributed by atoms with E-state index in [0.717, 1.165) is 5.56 Å². The van der Waals surface area contributed by atoms with Gasteiger partial charge in [-0.05, 0) is 18.9 Å². The number of rotatable bonds is 6. The van der Waals surface area contributed by atoms with Gasteiger partial charge in [0.05, 0.1) is 12.4 Å². The predicted molar refractivity (Wildman–Crippen MR) is 81.5 cm³/mol. The van der Waals surface area contributed by atoms with E-state index in [1.807, 2.05) is 37.3 Å². The average molecular weight is 306 g/mol. The lowest BCUT2D eigenvalue weighted by molar-refractivity contribution is 0.559. The van der Waals surface area contributed by atoms with Crippen molar-refractivity contribution in [2.24, 2.45) is 0 Å². The normalized spacial score (nSPS) is 12.9. The number of benzene rings is 1. The molecule has 0 radical (unpaired) electrons. The SMILES string of the molecule is CNc1ncc(S(=O)(=O)NC(C)Cc2ccccc2)cn1. The quantitative estimate of drug-likeness (QED) is 0.843. The van der Waals surface area contributed by atoms with Crippen molar-refractivity contribution >= 4 is 16.0 Å². The third kappa shape index (κ3) is 4.24. The first-order valence-electron chi connectivity index (χ1n) is 6.57. The number of nitrogens with zero attached hydrogens (tertiary/aromatic N) is 2. The van der Waals surface area contributed by atoms with Gasteiger partial charge in [0.1, 0.15) is 4.90 Å². The zero-order valence-electron chi connectivity index (χ0n) is 11.9. The summed E-state index contributed by atoms with van der Waals surface area (Å²) >= 11 is 0. The summed E-state index contributed by atoms with van der Waals surface area (Å²) in [5.74, 6) is 0.381. The average Bonchev–Trinajstić information content (AvgIpc) is 2.47. The Labute approximate surface area is 124 Å². The number of anilines is 1. The maximum Gasteiger partial charge on any atom is 0.243 e. The zero-order chi connectivity index (χ0) is 15.3. The van der Waals surface area contributed by atoms with Gasteiger partial charge in [-0.1, -0.05) is 30.3 Å². The van der Waals surface area contributed by atoms with E-state index >= 15 is 0 Å². The number of hydrogen-bond acceptors (Lipinski definition) is 5. The third-order valence-electron chi connectivity index (χ3n) is 2.90. The van der Waals surface area contributed by atoms with Gasteiger partial charge < -0.3 is 5.32 Å². The van der Waals surface area contributed by atoms with Crippen molar-refractivity contribution in [3.05, 3.63) is 48.3 Å². The van der Waals surface area contributed by atoms with Crippen LogP contribution in [0.2, 0.25) is 0 Å². The molecule has 1 aromatic heterocycles. The molecule has 21 heavy (non-hydrogen) atoms. The maximum absolute atomic E-state index is 12.2. The highest BCUT2D eigenvalue weighted by atomic mass is 32.2. The van der Waals surface area contributed by atoms with Gasteiger partial charge in [-0.15, -0.1) is 0 Å². The molecule has 1 atom stereocenters. The molecule has 0 aliphatic heterocycles. The molecule has 0 aliphatic rings. The molecule has 0 saturated carbocycles. The van der Waals surface area contributed by atoms with Gasteiger partial charge in [0.15, 0.2) is 0 Å². The molecule has 7 heteroatoms. The molecule has 0 saturated heterocycles. The molecule has 112 valence electrons. The smallest absolute Gasteiger partial charge is 0.243 e. The Balaban J connectivity index is 2.05. The van der Waals surface area contributed by atoms with E-state index in [1.165, 1.54) is 12.4 Å². The molecule has 2 rings (SSSR count). The fourth-order valence-electron chi connectivity index (χ4n) is 1.93. The first-order chi connectivity index (χ1) is 10.0. The zero-order valence-corrected chi connectivity index (χ0v) is 12.8. The van der Waals surface area contributed by atoms with E-state index in [4.69, 9.17) is 0 Å². The Morgan fingerprint density at radius 3 is 2.33 bits per heavy atom. The fraction of sp³-hybridized carbons (Fsp3) is 0.286. The molecule has 6 nitrogen and oxygen atoms in total. The summed E-state index contributed by atoms with van der Waals surface area (Å²) in [6, 6.07) is 9.51. The molecule has 0 aliphatic carbocycles. The second kappa shape index (κ2) is 6.64. The predicted octanol–water partition coefficient (Wildman–Crippen LogP) is 1.43. The lowest BCUT2D eigenvalue weighted by atomic mass is 10.1. The van der Waals surface area contributed by atoms with Crippen molar-refractivity contribution in [2.75, 3.05) is 12.4 Å². The Hall–Kier alpha value is -1.99. The Morgan fingerprint density at radius 1 is 1.14 bits per heavy atom. The monoisotopic (exact) mass is 306 g/mol. The number of nitrogens with one attached hydrogen (secondary N) is 2. The highest BCUT2D eigenvalue weighted by Crippen LogP contribution is 2.10. The van der Waals surface area contributed by atoms with E-state index in [0.29, 0.717) is 12.4 Å². The summed E-state index contributed by atoms with van der Waals surface area (Å²) in [4.78, 5) is 7.88. The molecule has 0 fully saturated rings. The van der Waals surface area contributed by atoms with Crippen LogP contribution in [0.3, 0.4) is 0 Å². The van der Waals surface area contributed by atoms with Crippen LogP contribution in [0.15, 0.2) is 47.6 Å². The minimum Gasteiger partial charge on any atom is -0.357 e. The van der Waals surface area contributed by atoms with Gasteiger partial charge in [-0.3, -0.25) is 0 Å². The van der Waals surface area contributed by atoms with E-state index < -0.39 is 10.0 Å². The van der Waals surface area contributed by atoms with Crippen LogP contribution in [0.1, 0.15) is 12.5 Å². The molecular formula is C14H18N4O2S. The summed E-state index contributed by atoms with van der Waals surface area (Å²) in [5, 5.41) is 2.74. The van der Waals surface area contributed by atoms with Crippen LogP contribution in [0, 0.1) is 0 Å². The van der Waals surface area contributed by atoms with Crippen molar-refractivity contribution in [3.63, 3.8) is 0 Å². The van der Waals surface area contributed by atoms with Crippen LogP contribution in [0.4, 0.5) is 5.95 Å². The molecular weight excluding hydrogens is 288 g/mol. The molecule has 1 aromatic carbocycles. The summed E-state index contributed by atoms with van der Waals surface area (Å²) in [6.07, 6.45) is 3.20. The molecule has 1 unspecified atom stereocenters. The Kier molecular flexibility index (Phi) is 4.87. The van der Waals surface area contributed by atoms with Crippen LogP contribution >= 0.6 is 0 Å². The largest absolute Gasteiger partial charge is 0.357 e. The van der Waals surface area contributed by atoms with E-state index in [-0.39, 0.29) is 10.9 Å². The van der Waals surface area contributed by atoms with Gasteiger partial charge in [0.2, 0.25) is 16.0 Å². The van der Waals surface area contributed by atoms with Crippen molar-refractivity contribution in [1.82, 2.24) is 14.7 Å². The highest BCUT2D eigenvalue weighted by Gasteiger charge is 2.18. The van der Waals surface area contributed by atoms with Crippen LogP contribution in [-0.4, -0.2) is 31.5 Å². The standard InChI is InChI=1S/C14H18N4O2S/c1-11(8-12-6-4-3-5-7-12)18-21(19,20)13-9-16-14(15-2)17-10-13/h3-7,9-11,18H,8H2,1-2H3,(H,15,16,17). The third-order valence-corrected chi connectivity index (χ3v) is 4.45. The molecule has 0 amide bonds. The number of aromatic nitrogens is 2. The van der Waals surface area contributed by atoms with Crippen LogP contribution in [0.25, 0.3) is 0 Å². The van der Waals surface area contributed by atoms with Crippen LogP contribution < -0.4 is 10.0 Å². The minimum atomic E-state index is -3.61. The van der Waals surface area contributed by atoms with Gasteiger partial charge in [0, 0.05) is 13.1 Å². The Morgan fingerprint density at radius 2 is 1.76 bits per heavy atom. The second-order valence-corrected chi connectivity index (χ2v) is 6.42. The fourth-order valence-corrected chi connectivity index (χ4v) is 3.06. The first-order valence-corrected chi connectivity index (χ1v) is 8.05. The van der Waals surface area contributed by atoms with E-state index in [9.17, 15) is 8.42 Å². The summed E-state index contributed by atoms with van der Waals surface area (Å²) in [7, 11) is -1.94. The molecule has 2 N–H and O–H groups in total. The summed E-state index contributed by atoms with van der Waals surface area (Å²) in [6.45, 7) is 1.83. The van der Waals surface area contributed by atoms with E-state index in [2.05, 4.69) is 20.0 Å². The first kappa shape index (κ1) is 15.4. The van der Waals surface area contributed by atoms with Crippen molar-refractivity contribution in [2.45, 2.75) is 24.3 Å². The van der Waals surface area contributed by atoms with Crippen LogP contribution in [0.5, 0.6) is 0 Å². The Bertz CT molecular complexity index is 672. The van der Waals surface area contributed by atoms with Crippen molar-refractivity contribution in [3.8, 4) is 0 Å². The van der Waals surface area contributed by atoms with Gasteiger partial charge in [0.25, 0.3) is 0 Å². The summed E-state index contributed by atoms with van der Waals surface area (Å²) in [5.41, 5.74) is 1.08. The molecule has 2 aromatic rings. The van der Waals surface area contributed by atoms with Gasteiger partial charge in [-0.2, -0.15) is 0 Å². The molecule has 0 spiro atoms. The maximum atomic E-state index is 12.2. The van der Waals surface area contributed by atoms with Crippen LogP contribution in [-0.2, 0) is 16.4 Å². The number of sulfonamides is 1. The summed E-state index contributed by atoms with van der Waals surface area (Å²) < 4.78 is 27.1. The number of hydrogen-bond donors (Lipinski definition) is 2. The van der Waals surface area contributed by atoms with Crippen molar-refractivity contribution in [1.29, 1.82) is 0 Å². The lowest BCUT2D eigenvalue weighted by Crippen LogP contribution is -2.34. The lowest BCUT2D eigenvalue weighted by Gasteiger charge is -2.14. The topological polar surface area (TPSA) is 84.0 Å². The second-order valence-electron chi connectivity index (χ2n) is 4.70. The van der Waals surface area contributed by atoms with E-state index in [1.54, 1.807) is 7.05 Å². The minimum absolute atomic E-state index is 0.0569. The van der Waals surface area contributed by atoms with Gasteiger partial charge in [-0.25, -0.2) is 23.1 Å².